The molecule has 0 unspecified atom stereocenters. The third-order valence-corrected chi connectivity index (χ3v) is 4.21. The Morgan fingerprint density at radius 1 is 1.33 bits per heavy atom. The number of rotatable bonds is 4. The van der Waals surface area contributed by atoms with Crippen LogP contribution in [0.15, 0.2) is 0 Å². The average molecular weight is 272 g/mol. The fraction of sp³-hybridized carbons (Fsp3) is 0.929. The fourth-order valence-corrected chi connectivity index (χ4v) is 2.76. The molecule has 1 fully saturated rings. The van der Waals surface area contributed by atoms with Gasteiger partial charge in [-0.25, -0.2) is 0 Å². The van der Waals surface area contributed by atoms with Crippen LogP contribution in [0.4, 0.5) is 0 Å². The van der Waals surface area contributed by atoms with Crippen molar-refractivity contribution in [3.05, 3.63) is 0 Å². The second-order valence-corrected chi connectivity index (χ2v) is 6.59. The zero-order valence-electron chi connectivity index (χ0n) is 12.3. The lowest BCUT2D eigenvalue weighted by Crippen LogP contribution is -2.46. The largest absolute Gasteiger partial charge is 0.385 e. The van der Waals surface area contributed by atoms with Gasteiger partial charge in [0, 0.05) is 33.4 Å². The Balaban J connectivity index is 2.23. The van der Waals surface area contributed by atoms with Gasteiger partial charge in [0.2, 0.25) is 0 Å². The van der Waals surface area contributed by atoms with Gasteiger partial charge in [-0.15, -0.1) is 0 Å². The first-order valence-electron chi connectivity index (χ1n) is 6.97. The maximum Gasteiger partial charge on any atom is 0.168 e. The fourth-order valence-electron chi connectivity index (χ4n) is 2.47. The Labute approximate surface area is 117 Å². The van der Waals surface area contributed by atoms with Gasteiger partial charge in [0.05, 0.1) is 0 Å². The van der Waals surface area contributed by atoms with Crippen LogP contribution in [0.5, 0.6) is 0 Å². The molecule has 0 atom stereocenters. The number of ether oxygens (including phenoxy) is 1. The molecule has 0 amide bonds. The Morgan fingerprint density at radius 3 is 2.44 bits per heavy atom. The van der Waals surface area contributed by atoms with Gasteiger partial charge in [-0.1, -0.05) is 20.8 Å². The maximum atomic E-state index is 5.43. The molecule has 18 heavy (non-hydrogen) atoms. The van der Waals surface area contributed by atoms with E-state index in [1.807, 2.05) is 0 Å². The number of thiocarbonyl (C=S) groups is 1. The highest BCUT2D eigenvalue weighted by Crippen LogP contribution is 2.34. The van der Waals surface area contributed by atoms with Crippen molar-refractivity contribution in [2.75, 3.05) is 33.4 Å². The molecule has 1 heterocycles. The number of methoxy groups -OCH3 is 1. The second-order valence-electron chi connectivity index (χ2n) is 6.21. The highest BCUT2D eigenvalue weighted by Gasteiger charge is 2.29. The molecular formula is C14H28N2OS. The molecule has 106 valence electrons. The van der Waals surface area contributed by atoms with E-state index in [9.17, 15) is 0 Å². The van der Waals surface area contributed by atoms with E-state index < -0.39 is 0 Å². The Bertz CT molecular complexity index is 255. The zero-order chi connectivity index (χ0) is 13.6. The van der Waals surface area contributed by atoms with Crippen molar-refractivity contribution in [2.24, 2.45) is 11.3 Å². The number of likely N-dealkylation sites (tertiary alicyclic amines) is 1. The maximum absolute atomic E-state index is 5.43. The summed E-state index contributed by atoms with van der Waals surface area (Å²) in [6, 6.07) is 0. The molecule has 1 aliphatic rings. The molecule has 0 aliphatic carbocycles. The number of nitrogens with one attached hydrogen (secondary N) is 1. The van der Waals surface area contributed by atoms with Crippen LogP contribution in [0.2, 0.25) is 0 Å². The Hall–Kier alpha value is -0.350. The van der Waals surface area contributed by atoms with Gasteiger partial charge in [-0.2, -0.15) is 0 Å². The molecule has 1 aliphatic heterocycles. The number of hydrogen-bond acceptors (Lipinski definition) is 2. The van der Waals surface area contributed by atoms with E-state index in [0.717, 1.165) is 43.7 Å². The van der Waals surface area contributed by atoms with Gasteiger partial charge in [-0.05, 0) is 42.8 Å². The summed E-state index contributed by atoms with van der Waals surface area (Å²) in [5, 5.41) is 4.23. The van der Waals surface area contributed by atoms with E-state index in [1.54, 1.807) is 7.11 Å². The summed E-state index contributed by atoms with van der Waals surface area (Å²) < 4.78 is 5.02. The highest BCUT2D eigenvalue weighted by atomic mass is 32.1. The third kappa shape index (κ3) is 5.11. The number of hydrogen-bond donors (Lipinski definition) is 1. The van der Waals surface area contributed by atoms with Crippen LogP contribution in [0.25, 0.3) is 0 Å². The van der Waals surface area contributed by atoms with E-state index >= 15 is 0 Å². The third-order valence-electron chi connectivity index (χ3n) is 3.81. The van der Waals surface area contributed by atoms with Crippen molar-refractivity contribution in [2.45, 2.75) is 40.0 Å². The average Bonchev–Trinajstić information content (AvgIpc) is 2.33. The molecule has 0 aromatic carbocycles. The van der Waals surface area contributed by atoms with E-state index in [2.05, 4.69) is 31.0 Å². The predicted molar refractivity (Wildman–Crippen MR) is 80.8 cm³/mol. The lowest BCUT2D eigenvalue weighted by Gasteiger charge is -2.39. The summed E-state index contributed by atoms with van der Waals surface area (Å²) in [5.41, 5.74) is 0.430. The number of nitrogens with zero attached hydrogens (tertiary/aromatic N) is 1. The summed E-state index contributed by atoms with van der Waals surface area (Å²) in [6.45, 7) is 10.9. The topological polar surface area (TPSA) is 24.5 Å². The van der Waals surface area contributed by atoms with Gasteiger partial charge in [0.1, 0.15) is 0 Å². The minimum absolute atomic E-state index is 0.430. The van der Waals surface area contributed by atoms with Crippen LogP contribution in [0.3, 0.4) is 0 Å². The molecule has 1 rings (SSSR count). The molecule has 1 saturated heterocycles. The van der Waals surface area contributed by atoms with Gasteiger partial charge in [0.25, 0.3) is 0 Å². The minimum Gasteiger partial charge on any atom is -0.385 e. The Morgan fingerprint density at radius 2 is 1.94 bits per heavy atom. The van der Waals surface area contributed by atoms with Crippen molar-refractivity contribution >= 4 is 17.3 Å². The molecule has 0 radical (unpaired) electrons. The van der Waals surface area contributed by atoms with E-state index in [4.69, 9.17) is 17.0 Å². The van der Waals surface area contributed by atoms with Crippen molar-refractivity contribution in [1.82, 2.24) is 10.2 Å². The first-order valence-corrected chi connectivity index (χ1v) is 7.37. The van der Waals surface area contributed by atoms with Crippen molar-refractivity contribution < 1.29 is 4.74 Å². The van der Waals surface area contributed by atoms with Crippen molar-refractivity contribution in [1.29, 1.82) is 0 Å². The molecule has 0 bridgehead atoms. The van der Waals surface area contributed by atoms with Gasteiger partial charge in [0.15, 0.2) is 5.11 Å². The van der Waals surface area contributed by atoms with Gasteiger partial charge in [-0.3, -0.25) is 0 Å². The standard InChI is InChI=1S/C14H28N2OS/c1-14(2,3)12-6-9-16(10-7-12)13(18)15-8-5-11-17-4/h12H,5-11H2,1-4H3,(H,15,18). The van der Waals surface area contributed by atoms with Gasteiger partial charge >= 0.3 is 0 Å². The molecule has 3 nitrogen and oxygen atoms in total. The molecule has 0 aromatic rings. The highest BCUT2D eigenvalue weighted by molar-refractivity contribution is 7.80. The van der Waals surface area contributed by atoms with Crippen molar-refractivity contribution in [3.8, 4) is 0 Å². The van der Waals surface area contributed by atoms with Crippen LogP contribution in [-0.2, 0) is 4.74 Å². The van der Waals surface area contributed by atoms with Crippen LogP contribution in [0, 0.1) is 11.3 Å². The minimum atomic E-state index is 0.430. The van der Waals surface area contributed by atoms with Crippen LogP contribution < -0.4 is 5.32 Å². The monoisotopic (exact) mass is 272 g/mol. The normalized spacial score (nSPS) is 17.9. The Kier molecular flexibility index (Phi) is 6.36. The summed E-state index contributed by atoms with van der Waals surface area (Å²) in [7, 11) is 1.73. The summed E-state index contributed by atoms with van der Waals surface area (Å²) >= 11 is 5.43. The summed E-state index contributed by atoms with van der Waals surface area (Å²) in [6.07, 6.45) is 3.52. The molecule has 0 saturated carbocycles. The van der Waals surface area contributed by atoms with Crippen molar-refractivity contribution in [3.63, 3.8) is 0 Å². The van der Waals surface area contributed by atoms with E-state index in [1.165, 1.54) is 12.8 Å². The first kappa shape index (κ1) is 15.7. The van der Waals surface area contributed by atoms with Crippen LogP contribution in [-0.4, -0.2) is 43.4 Å². The quantitative estimate of drug-likeness (QED) is 0.628. The first-order chi connectivity index (χ1) is 8.45. The SMILES string of the molecule is COCCCNC(=S)N1CCC(C(C)(C)C)CC1. The lowest BCUT2D eigenvalue weighted by atomic mass is 9.75. The predicted octanol–water partition coefficient (Wildman–Crippen LogP) is 2.66. The van der Waals surface area contributed by atoms with Crippen LogP contribution in [0.1, 0.15) is 40.0 Å². The second kappa shape index (κ2) is 7.29. The molecule has 0 spiro atoms. The molecule has 4 heteroatoms. The zero-order valence-corrected chi connectivity index (χ0v) is 13.1. The smallest absolute Gasteiger partial charge is 0.168 e. The van der Waals surface area contributed by atoms with E-state index in [0.29, 0.717) is 5.41 Å². The van der Waals surface area contributed by atoms with Gasteiger partial charge < -0.3 is 15.0 Å². The number of piperidine rings is 1. The molecule has 0 aromatic heterocycles. The van der Waals surface area contributed by atoms with E-state index in [-0.39, 0.29) is 0 Å². The molecule has 1 N–H and O–H groups in total. The lowest BCUT2D eigenvalue weighted by molar-refractivity contribution is 0.148. The summed E-state index contributed by atoms with van der Waals surface area (Å²) in [4.78, 5) is 2.31. The summed E-state index contributed by atoms with van der Waals surface area (Å²) in [5.74, 6) is 0.824. The van der Waals surface area contributed by atoms with Crippen LogP contribution >= 0.6 is 12.2 Å². The molecular weight excluding hydrogens is 244 g/mol.